The van der Waals surface area contributed by atoms with E-state index in [9.17, 15) is 23.1 Å². The van der Waals surface area contributed by atoms with Crippen molar-refractivity contribution in [2.75, 3.05) is 27.2 Å². The number of rotatable bonds is 12. The number of nitrogens with zero attached hydrogens (tertiary/aromatic N) is 6. The number of nitrogens with one attached hydrogen (secondary N) is 1. The van der Waals surface area contributed by atoms with Crippen LogP contribution in [0.25, 0.3) is 11.2 Å². The summed E-state index contributed by atoms with van der Waals surface area (Å²) in [5, 5.41) is 12.7. The molecule has 3 rings (SSSR count). The lowest BCUT2D eigenvalue weighted by Crippen LogP contribution is -2.37. The van der Waals surface area contributed by atoms with Gasteiger partial charge >= 0.3 is 12.1 Å². The lowest BCUT2D eigenvalue weighted by atomic mass is 10.1. The van der Waals surface area contributed by atoms with Gasteiger partial charge in [0.25, 0.3) is 0 Å². The molecular weight excluding hydrogens is 483 g/mol. The van der Waals surface area contributed by atoms with Crippen molar-refractivity contribution < 1.29 is 32.5 Å². The first-order valence-corrected chi connectivity index (χ1v) is 11.8. The number of alkyl halides is 3. The lowest BCUT2D eigenvalue weighted by Gasteiger charge is -2.22. The quantitative estimate of drug-likeness (QED) is 0.251. The van der Waals surface area contributed by atoms with Gasteiger partial charge in [0.1, 0.15) is 18.5 Å². The normalized spacial score (nSPS) is 22.5. The van der Waals surface area contributed by atoms with Gasteiger partial charge in [-0.05, 0) is 19.3 Å². The Morgan fingerprint density at radius 3 is 2.72 bits per heavy atom. The van der Waals surface area contributed by atoms with Gasteiger partial charge in [0, 0.05) is 27.2 Å². The van der Waals surface area contributed by atoms with E-state index < -0.39 is 36.6 Å². The van der Waals surface area contributed by atoms with Crippen molar-refractivity contribution in [2.45, 2.75) is 69.7 Å². The molecule has 0 spiro atoms. The molecule has 1 amide bonds. The molecule has 3 heterocycles. The molecule has 1 fully saturated rings. The third kappa shape index (κ3) is 6.89. The molecule has 0 radical (unpaired) electrons. The zero-order valence-corrected chi connectivity index (χ0v) is 20.5. The highest BCUT2D eigenvalue weighted by molar-refractivity contribution is 5.83. The van der Waals surface area contributed by atoms with Crippen LogP contribution in [0, 0.1) is 0 Å². The summed E-state index contributed by atoms with van der Waals surface area (Å²) in [6, 6.07) is 0. The van der Waals surface area contributed by atoms with Crippen LogP contribution in [-0.4, -0.2) is 93.5 Å². The number of imidazole rings is 1. The number of fused-ring (bicyclic) bond motifs is 1. The zero-order valence-electron chi connectivity index (χ0n) is 20.5. The largest absolute Gasteiger partial charge is 0.471 e. The van der Waals surface area contributed by atoms with Crippen LogP contribution >= 0.6 is 0 Å². The minimum absolute atomic E-state index is 0.0369. The van der Waals surface area contributed by atoms with Crippen LogP contribution in [0.4, 0.5) is 19.0 Å². The first kappa shape index (κ1) is 27.7. The minimum atomic E-state index is -4.86. The molecule has 0 aromatic carbocycles. The number of ether oxygens (including phenoxy) is 2. The third-order valence-corrected chi connectivity index (χ3v) is 5.66. The number of hydrogen-bond donors (Lipinski definition) is 2. The zero-order chi connectivity index (χ0) is 26.3. The number of hydrogen-bond acceptors (Lipinski definition) is 8. The Bertz CT molecular complexity index is 1030. The third-order valence-electron chi connectivity index (χ3n) is 5.66. The van der Waals surface area contributed by atoms with Gasteiger partial charge in [0.2, 0.25) is 0 Å². The monoisotopic (exact) mass is 515 g/mol. The SMILES string of the molecule is CC[C@H]1O[C@@H](n2cnc3c(N=CN(C)C)ncnc32)C(OCCCCCCNC(=O)C(F)(F)F)[C@H]1O. The fraction of sp³-hybridized carbons (Fsp3) is 0.682. The van der Waals surface area contributed by atoms with Crippen molar-refractivity contribution in [3.8, 4) is 0 Å². The Kier molecular flexibility index (Phi) is 9.56. The van der Waals surface area contributed by atoms with Crippen molar-refractivity contribution in [3.63, 3.8) is 0 Å². The van der Waals surface area contributed by atoms with Crippen molar-refractivity contribution in [1.82, 2.24) is 29.7 Å². The van der Waals surface area contributed by atoms with Crippen LogP contribution < -0.4 is 5.32 Å². The molecule has 14 heteroatoms. The van der Waals surface area contributed by atoms with Crippen molar-refractivity contribution in [1.29, 1.82) is 0 Å². The number of halogens is 3. The second-order valence-electron chi connectivity index (χ2n) is 8.70. The molecule has 1 aliphatic rings. The van der Waals surface area contributed by atoms with E-state index in [0.29, 0.717) is 55.7 Å². The minimum Gasteiger partial charge on any atom is -0.388 e. The molecule has 0 bridgehead atoms. The van der Waals surface area contributed by atoms with Crippen LogP contribution in [0.1, 0.15) is 45.3 Å². The maximum Gasteiger partial charge on any atom is 0.471 e. The van der Waals surface area contributed by atoms with Gasteiger partial charge in [-0.1, -0.05) is 19.8 Å². The number of aliphatic hydroxyl groups excluding tert-OH is 1. The predicted octanol–water partition coefficient (Wildman–Crippen LogP) is 2.34. The topological polar surface area (TPSA) is 127 Å². The van der Waals surface area contributed by atoms with Gasteiger partial charge in [-0.3, -0.25) is 9.36 Å². The van der Waals surface area contributed by atoms with E-state index in [1.54, 1.807) is 22.1 Å². The number of aliphatic hydroxyl groups is 1. The number of carbonyl (C=O) groups excluding carboxylic acids is 1. The second kappa shape index (κ2) is 12.4. The second-order valence-corrected chi connectivity index (χ2v) is 8.70. The number of amides is 1. The average molecular weight is 516 g/mol. The summed E-state index contributed by atoms with van der Waals surface area (Å²) in [6.07, 6.45) is 0.0642. The molecule has 0 aliphatic carbocycles. The summed E-state index contributed by atoms with van der Waals surface area (Å²) in [4.78, 5) is 29.8. The van der Waals surface area contributed by atoms with E-state index in [4.69, 9.17) is 9.47 Å². The van der Waals surface area contributed by atoms with Gasteiger partial charge in [0.15, 0.2) is 23.2 Å². The predicted molar refractivity (Wildman–Crippen MR) is 125 cm³/mol. The average Bonchev–Trinajstić information content (AvgIpc) is 3.39. The smallest absolute Gasteiger partial charge is 0.388 e. The molecule has 2 aromatic rings. The number of aromatic nitrogens is 4. The number of aliphatic imine (C=N–C) groups is 1. The van der Waals surface area contributed by atoms with Crippen molar-refractivity contribution >= 4 is 29.2 Å². The van der Waals surface area contributed by atoms with Gasteiger partial charge < -0.3 is 24.8 Å². The van der Waals surface area contributed by atoms with E-state index in [-0.39, 0.29) is 6.54 Å². The highest BCUT2D eigenvalue weighted by atomic mass is 19.4. The summed E-state index contributed by atoms with van der Waals surface area (Å²) in [5.74, 6) is -1.52. The Morgan fingerprint density at radius 1 is 1.28 bits per heavy atom. The molecule has 0 saturated carbocycles. The maximum absolute atomic E-state index is 12.2. The Hall–Kier alpha value is -2.84. The molecule has 200 valence electrons. The van der Waals surface area contributed by atoms with Gasteiger partial charge in [-0.25, -0.2) is 19.9 Å². The standard InChI is InChI=1S/C22H32F3N7O4/c1-4-14-16(33)17(35-10-8-6-5-7-9-26-21(34)22(23,24)25)20(36-14)32-13-29-15-18(30-12-31(2)3)27-11-28-19(15)32/h11-14,16-17,20,33H,4-10H2,1-3H3,(H,26,34)/t14-,16+,17?,20-/m1/s1. The molecule has 36 heavy (non-hydrogen) atoms. The fourth-order valence-corrected chi connectivity index (χ4v) is 3.85. The molecule has 2 aromatic heterocycles. The summed E-state index contributed by atoms with van der Waals surface area (Å²) < 4.78 is 50.4. The van der Waals surface area contributed by atoms with E-state index >= 15 is 0 Å². The molecule has 1 aliphatic heterocycles. The molecule has 2 N–H and O–H groups in total. The highest BCUT2D eigenvalue weighted by Gasteiger charge is 2.45. The molecule has 4 atom stereocenters. The van der Waals surface area contributed by atoms with Gasteiger partial charge in [-0.15, -0.1) is 0 Å². The summed E-state index contributed by atoms with van der Waals surface area (Å²) in [5.41, 5.74) is 0.990. The number of unbranched alkanes of at least 4 members (excludes halogenated alkanes) is 3. The van der Waals surface area contributed by atoms with Crippen LogP contribution in [0.2, 0.25) is 0 Å². The molecular formula is C22H32F3N7O4. The maximum atomic E-state index is 12.2. The van der Waals surface area contributed by atoms with E-state index in [2.05, 4.69) is 19.9 Å². The summed E-state index contributed by atoms with van der Waals surface area (Å²) in [6.45, 7) is 2.20. The number of carbonyl (C=O) groups is 1. The van der Waals surface area contributed by atoms with Crippen LogP contribution in [-0.2, 0) is 14.3 Å². The van der Waals surface area contributed by atoms with Crippen LogP contribution in [0.15, 0.2) is 17.6 Å². The lowest BCUT2D eigenvalue weighted by molar-refractivity contribution is -0.173. The fourth-order valence-electron chi connectivity index (χ4n) is 3.85. The Balaban J connectivity index is 1.57. The van der Waals surface area contributed by atoms with Crippen LogP contribution in [0.5, 0.6) is 0 Å². The van der Waals surface area contributed by atoms with Crippen molar-refractivity contribution in [2.24, 2.45) is 4.99 Å². The molecule has 1 saturated heterocycles. The van der Waals surface area contributed by atoms with E-state index in [0.717, 1.165) is 0 Å². The van der Waals surface area contributed by atoms with Crippen LogP contribution in [0.3, 0.4) is 0 Å². The summed E-state index contributed by atoms with van der Waals surface area (Å²) >= 11 is 0. The summed E-state index contributed by atoms with van der Waals surface area (Å²) in [7, 11) is 3.68. The molecule has 11 nitrogen and oxygen atoms in total. The van der Waals surface area contributed by atoms with E-state index in [1.165, 1.54) is 6.33 Å². The van der Waals surface area contributed by atoms with E-state index in [1.807, 2.05) is 26.3 Å². The highest BCUT2D eigenvalue weighted by Crippen LogP contribution is 2.35. The first-order valence-electron chi connectivity index (χ1n) is 11.8. The first-order chi connectivity index (χ1) is 17.1. The Morgan fingerprint density at radius 2 is 2.03 bits per heavy atom. The Labute approximate surface area is 206 Å². The van der Waals surface area contributed by atoms with Gasteiger partial charge in [-0.2, -0.15) is 13.2 Å². The molecule has 1 unspecified atom stereocenters. The van der Waals surface area contributed by atoms with Crippen molar-refractivity contribution in [3.05, 3.63) is 12.7 Å². The van der Waals surface area contributed by atoms with Gasteiger partial charge in [0.05, 0.1) is 18.8 Å².